The van der Waals surface area contributed by atoms with Gasteiger partial charge in [0.2, 0.25) is 0 Å². The third-order valence-corrected chi connectivity index (χ3v) is 3.76. The van der Waals surface area contributed by atoms with Crippen molar-refractivity contribution < 1.29 is 27.4 Å². The van der Waals surface area contributed by atoms with Gasteiger partial charge in [-0.25, -0.2) is 0 Å². The Morgan fingerprint density at radius 2 is 1.88 bits per heavy atom. The molecule has 1 fully saturated rings. The number of nitrogens with one attached hydrogen (secondary N) is 1. The number of para-hydroxylation sites is 1. The first-order valence-corrected chi connectivity index (χ1v) is 7.80. The first kappa shape index (κ1) is 17.3. The van der Waals surface area contributed by atoms with Crippen LogP contribution in [0.5, 0.6) is 11.5 Å². The van der Waals surface area contributed by atoms with E-state index in [0.717, 1.165) is 6.07 Å². The van der Waals surface area contributed by atoms with Crippen molar-refractivity contribution in [1.29, 1.82) is 0 Å². The molecule has 7 heteroatoms. The smallest absolute Gasteiger partial charge is 0.418 e. The fourth-order valence-corrected chi connectivity index (χ4v) is 2.55. The predicted octanol–water partition coefficient (Wildman–Crippen LogP) is 4.62. The van der Waals surface area contributed by atoms with Crippen molar-refractivity contribution in [3.8, 4) is 11.5 Å². The molecule has 0 saturated carbocycles. The van der Waals surface area contributed by atoms with Crippen molar-refractivity contribution in [2.45, 2.75) is 25.1 Å². The van der Waals surface area contributed by atoms with E-state index < -0.39 is 23.8 Å². The Morgan fingerprint density at radius 1 is 1.12 bits per heavy atom. The molecule has 25 heavy (non-hydrogen) atoms. The van der Waals surface area contributed by atoms with Gasteiger partial charge in [-0.1, -0.05) is 18.2 Å². The number of ether oxygens (including phenoxy) is 2. The third-order valence-electron chi connectivity index (χ3n) is 3.76. The summed E-state index contributed by atoms with van der Waals surface area (Å²) in [5, 5.41) is 2.31. The lowest BCUT2D eigenvalue weighted by Gasteiger charge is -2.17. The van der Waals surface area contributed by atoms with E-state index in [2.05, 4.69) is 5.32 Å². The Balaban J connectivity index is 1.84. The molecular formula is C18H16F3NO3. The average molecular weight is 351 g/mol. The van der Waals surface area contributed by atoms with Crippen molar-refractivity contribution in [2.75, 3.05) is 11.9 Å². The van der Waals surface area contributed by atoms with E-state index in [9.17, 15) is 18.0 Å². The van der Waals surface area contributed by atoms with Gasteiger partial charge in [-0.2, -0.15) is 13.2 Å². The van der Waals surface area contributed by atoms with E-state index in [-0.39, 0.29) is 11.4 Å². The standard InChI is InChI=1S/C18H16F3NO3/c19-18(20,21)14-11-13(25-12-5-2-1-3-6-12)8-9-15(14)22-17(23)16-7-4-10-24-16/h1-3,5-6,8-9,11,16H,4,7,10H2,(H,22,23)/t16-/m1/s1. The van der Waals surface area contributed by atoms with Crippen LogP contribution in [0, 0.1) is 0 Å². The molecule has 0 radical (unpaired) electrons. The summed E-state index contributed by atoms with van der Waals surface area (Å²) < 4.78 is 50.7. The van der Waals surface area contributed by atoms with Crippen LogP contribution in [-0.4, -0.2) is 18.6 Å². The van der Waals surface area contributed by atoms with Gasteiger partial charge in [0.1, 0.15) is 17.6 Å². The summed E-state index contributed by atoms with van der Waals surface area (Å²) in [6.45, 7) is 0.439. The van der Waals surface area contributed by atoms with Gasteiger partial charge in [0.25, 0.3) is 5.91 Å². The minimum atomic E-state index is -4.63. The fraction of sp³-hybridized carbons (Fsp3) is 0.278. The van der Waals surface area contributed by atoms with Gasteiger partial charge in [-0.3, -0.25) is 4.79 Å². The highest BCUT2D eigenvalue weighted by Gasteiger charge is 2.35. The molecule has 1 N–H and O–H groups in total. The molecule has 132 valence electrons. The predicted molar refractivity (Wildman–Crippen MR) is 85.6 cm³/mol. The molecule has 4 nitrogen and oxygen atoms in total. The maximum atomic E-state index is 13.4. The number of halogens is 3. The van der Waals surface area contributed by atoms with Gasteiger partial charge in [0, 0.05) is 6.61 Å². The lowest BCUT2D eigenvalue weighted by molar-refractivity contribution is -0.137. The molecular weight excluding hydrogens is 335 g/mol. The molecule has 2 aromatic carbocycles. The van der Waals surface area contributed by atoms with Gasteiger partial charge in [-0.15, -0.1) is 0 Å². The highest BCUT2D eigenvalue weighted by Crippen LogP contribution is 2.38. The number of carbonyl (C=O) groups excluding carboxylic acids is 1. The first-order chi connectivity index (χ1) is 11.9. The molecule has 0 spiro atoms. The summed E-state index contributed by atoms with van der Waals surface area (Å²) in [6.07, 6.45) is -4.12. The highest BCUT2D eigenvalue weighted by molar-refractivity contribution is 5.95. The van der Waals surface area contributed by atoms with Crippen LogP contribution in [0.15, 0.2) is 48.5 Å². The number of rotatable bonds is 4. The molecule has 1 amide bonds. The molecule has 0 unspecified atom stereocenters. The summed E-state index contributed by atoms with van der Waals surface area (Å²) in [5.74, 6) is -0.111. The van der Waals surface area contributed by atoms with Crippen molar-refractivity contribution in [3.63, 3.8) is 0 Å². The first-order valence-electron chi connectivity index (χ1n) is 7.80. The summed E-state index contributed by atoms with van der Waals surface area (Å²) in [4.78, 5) is 12.0. The summed E-state index contributed by atoms with van der Waals surface area (Å²) >= 11 is 0. The molecule has 1 atom stereocenters. The van der Waals surface area contributed by atoms with Gasteiger partial charge in [0.05, 0.1) is 11.3 Å². The van der Waals surface area contributed by atoms with Crippen molar-refractivity contribution in [1.82, 2.24) is 0 Å². The number of carbonyl (C=O) groups is 1. The third kappa shape index (κ3) is 4.30. The fourth-order valence-electron chi connectivity index (χ4n) is 2.55. The molecule has 0 bridgehead atoms. The summed E-state index contributed by atoms with van der Waals surface area (Å²) in [5.41, 5.74) is -1.28. The van der Waals surface area contributed by atoms with E-state index in [4.69, 9.17) is 9.47 Å². The van der Waals surface area contributed by atoms with Crippen molar-refractivity contribution in [3.05, 3.63) is 54.1 Å². The zero-order chi connectivity index (χ0) is 17.9. The lowest BCUT2D eigenvalue weighted by Crippen LogP contribution is -2.28. The van der Waals surface area contributed by atoms with Crippen LogP contribution >= 0.6 is 0 Å². The Bertz CT molecular complexity index is 741. The molecule has 0 aromatic heterocycles. The zero-order valence-electron chi connectivity index (χ0n) is 13.2. The Morgan fingerprint density at radius 3 is 2.52 bits per heavy atom. The Labute approximate surface area is 142 Å². The largest absolute Gasteiger partial charge is 0.457 e. The molecule has 1 heterocycles. The van der Waals surface area contributed by atoms with E-state index in [1.54, 1.807) is 30.3 Å². The maximum absolute atomic E-state index is 13.4. The monoisotopic (exact) mass is 351 g/mol. The number of amides is 1. The molecule has 1 aliphatic rings. The van der Waals surface area contributed by atoms with Gasteiger partial charge >= 0.3 is 6.18 Å². The molecule has 1 aliphatic heterocycles. The quantitative estimate of drug-likeness (QED) is 0.875. The second-order valence-electron chi connectivity index (χ2n) is 5.61. The number of hydrogen-bond donors (Lipinski definition) is 1. The number of hydrogen-bond acceptors (Lipinski definition) is 3. The van der Waals surface area contributed by atoms with Crippen LogP contribution < -0.4 is 10.1 Å². The molecule has 2 aromatic rings. The minimum absolute atomic E-state index is 0.0358. The van der Waals surface area contributed by atoms with Crippen LogP contribution in [0.3, 0.4) is 0 Å². The topological polar surface area (TPSA) is 47.6 Å². The van der Waals surface area contributed by atoms with Crippen LogP contribution in [0.1, 0.15) is 18.4 Å². The normalized spacial score (nSPS) is 17.3. The molecule has 3 rings (SSSR count). The Hall–Kier alpha value is -2.54. The maximum Gasteiger partial charge on any atom is 0.418 e. The van der Waals surface area contributed by atoms with E-state index in [1.165, 1.54) is 12.1 Å². The van der Waals surface area contributed by atoms with Crippen LogP contribution in [0.4, 0.5) is 18.9 Å². The van der Waals surface area contributed by atoms with Crippen molar-refractivity contribution in [2.24, 2.45) is 0 Å². The lowest BCUT2D eigenvalue weighted by atomic mass is 10.1. The van der Waals surface area contributed by atoms with E-state index in [1.807, 2.05) is 0 Å². The average Bonchev–Trinajstić information content (AvgIpc) is 3.11. The number of benzene rings is 2. The summed E-state index contributed by atoms with van der Waals surface area (Å²) in [7, 11) is 0. The second-order valence-corrected chi connectivity index (χ2v) is 5.61. The molecule has 0 aliphatic carbocycles. The van der Waals surface area contributed by atoms with E-state index >= 15 is 0 Å². The highest BCUT2D eigenvalue weighted by atomic mass is 19.4. The van der Waals surface area contributed by atoms with E-state index in [0.29, 0.717) is 25.2 Å². The Kier molecular flexibility index (Phi) is 4.94. The molecule has 1 saturated heterocycles. The van der Waals surface area contributed by atoms with Gasteiger partial charge in [-0.05, 0) is 43.2 Å². The number of alkyl halides is 3. The van der Waals surface area contributed by atoms with Crippen LogP contribution in [-0.2, 0) is 15.7 Å². The minimum Gasteiger partial charge on any atom is -0.457 e. The van der Waals surface area contributed by atoms with Crippen LogP contribution in [0.25, 0.3) is 0 Å². The second kappa shape index (κ2) is 7.14. The van der Waals surface area contributed by atoms with Crippen LogP contribution in [0.2, 0.25) is 0 Å². The van der Waals surface area contributed by atoms with Crippen molar-refractivity contribution >= 4 is 11.6 Å². The SMILES string of the molecule is O=C(Nc1ccc(Oc2ccccc2)cc1C(F)(F)F)[C@H]1CCCO1. The van der Waals surface area contributed by atoms with Gasteiger partial charge < -0.3 is 14.8 Å². The van der Waals surface area contributed by atoms with Gasteiger partial charge in [0.15, 0.2) is 0 Å². The number of anilines is 1. The zero-order valence-corrected chi connectivity index (χ0v) is 13.2. The summed E-state index contributed by atoms with van der Waals surface area (Å²) in [6, 6.07) is 11.9.